The summed E-state index contributed by atoms with van der Waals surface area (Å²) in [7, 11) is 0. The van der Waals surface area contributed by atoms with Crippen molar-refractivity contribution in [2.75, 3.05) is 43.4 Å². The van der Waals surface area contributed by atoms with Crippen molar-refractivity contribution in [2.24, 2.45) is 0 Å². The van der Waals surface area contributed by atoms with Crippen LogP contribution in [-0.2, 0) is 0 Å². The van der Waals surface area contributed by atoms with Crippen LogP contribution in [0.5, 0.6) is 0 Å². The SMILES string of the molecule is Nc1c(C(=O)NCCN2CCSCC2)sc2nccnc12. The third-order valence-electron chi connectivity index (χ3n) is 3.39. The van der Waals surface area contributed by atoms with E-state index in [1.54, 1.807) is 12.4 Å². The number of nitrogens with one attached hydrogen (secondary N) is 1. The number of amides is 1. The van der Waals surface area contributed by atoms with Crippen LogP contribution in [0.3, 0.4) is 0 Å². The lowest BCUT2D eigenvalue weighted by Crippen LogP contribution is -2.39. The van der Waals surface area contributed by atoms with E-state index >= 15 is 0 Å². The summed E-state index contributed by atoms with van der Waals surface area (Å²) in [5.74, 6) is 2.21. The number of nitrogens with two attached hydrogens (primary N) is 1. The Morgan fingerprint density at radius 3 is 2.86 bits per heavy atom. The Labute approximate surface area is 131 Å². The van der Waals surface area contributed by atoms with E-state index in [0.29, 0.717) is 27.5 Å². The smallest absolute Gasteiger partial charge is 0.263 e. The molecule has 3 heterocycles. The molecule has 8 heteroatoms. The molecule has 1 fully saturated rings. The van der Waals surface area contributed by atoms with Crippen LogP contribution in [-0.4, -0.2) is 58.5 Å². The maximum Gasteiger partial charge on any atom is 0.263 e. The van der Waals surface area contributed by atoms with Crippen LogP contribution < -0.4 is 11.1 Å². The van der Waals surface area contributed by atoms with Gasteiger partial charge in [-0.3, -0.25) is 9.69 Å². The molecular formula is C13H17N5OS2. The van der Waals surface area contributed by atoms with Crippen molar-refractivity contribution < 1.29 is 4.79 Å². The molecule has 1 saturated heterocycles. The first-order chi connectivity index (χ1) is 10.3. The molecule has 1 aliphatic rings. The fourth-order valence-electron chi connectivity index (χ4n) is 2.25. The number of anilines is 1. The van der Waals surface area contributed by atoms with E-state index in [1.807, 2.05) is 11.8 Å². The fraction of sp³-hybridized carbons (Fsp3) is 0.462. The van der Waals surface area contributed by atoms with Crippen LogP contribution in [0.2, 0.25) is 0 Å². The van der Waals surface area contributed by atoms with Crippen molar-refractivity contribution >= 4 is 45.0 Å². The Balaban J connectivity index is 1.60. The molecule has 1 aliphatic heterocycles. The normalized spacial score (nSPS) is 16.2. The summed E-state index contributed by atoms with van der Waals surface area (Å²) in [5, 5.41) is 2.94. The van der Waals surface area contributed by atoms with Crippen molar-refractivity contribution in [3.05, 3.63) is 17.3 Å². The van der Waals surface area contributed by atoms with Gasteiger partial charge in [-0.2, -0.15) is 11.8 Å². The van der Waals surface area contributed by atoms with Crippen LogP contribution >= 0.6 is 23.1 Å². The summed E-state index contributed by atoms with van der Waals surface area (Å²) in [6, 6.07) is 0. The van der Waals surface area contributed by atoms with Crippen LogP contribution in [0.15, 0.2) is 12.4 Å². The largest absolute Gasteiger partial charge is 0.396 e. The number of aromatic nitrogens is 2. The second-order valence-electron chi connectivity index (χ2n) is 4.76. The minimum atomic E-state index is -0.135. The number of hydrogen-bond acceptors (Lipinski definition) is 7. The van der Waals surface area contributed by atoms with E-state index in [-0.39, 0.29) is 5.91 Å². The highest BCUT2D eigenvalue weighted by atomic mass is 32.2. The van der Waals surface area contributed by atoms with Crippen LogP contribution in [0.4, 0.5) is 5.69 Å². The molecule has 112 valence electrons. The van der Waals surface area contributed by atoms with E-state index in [1.165, 1.54) is 22.8 Å². The Bertz CT molecular complexity index is 639. The van der Waals surface area contributed by atoms with Crippen LogP contribution in [0, 0.1) is 0 Å². The highest BCUT2D eigenvalue weighted by Crippen LogP contribution is 2.30. The number of hydrogen-bond donors (Lipinski definition) is 2. The second-order valence-corrected chi connectivity index (χ2v) is 6.99. The van der Waals surface area contributed by atoms with Crippen molar-refractivity contribution in [1.29, 1.82) is 0 Å². The molecule has 0 radical (unpaired) electrons. The van der Waals surface area contributed by atoms with E-state index in [9.17, 15) is 4.79 Å². The lowest BCUT2D eigenvalue weighted by Gasteiger charge is -2.25. The first-order valence-corrected chi connectivity index (χ1v) is 8.80. The average molecular weight is 323 g/mol. The third-order valence-corrected chi connectivity index (χ3v) is 5.43. The minimum Gasteiger partial charge on any atom is -0.396 e. The number of carbonyl (C=O) groups excluding carboxylic acids is 1. The van der Waals surface area contributed by atoms with E-state index in [0.717, 1.165) is 19.6 Å². The Hall–Kier alpha value is -1.38. The fourth-order valence-corrected chi connectivity index (χ4v) is 4.16. The molecule has 3 N–H and O–H groups in total. The average Bonchev–Trinajstić information content (AvgIpc) is 2.86. The molecule has 1 amide bonds. The number of thiophene rings is 1. The number of rotatable bonds is 4. The molecule has 0 saturated carbocycles. The molecule has 0 aromatic carbocycles. The summed E-state index contributed by atoms with van der Waals surface area (Å²) in [4.78, 5) is 24.1. The Kier molecular flexibility index (Phi) is 4.57. The predicted molar refractivity (Wildman–Crippen MR) is 87.9 cm³/mol. The zero-order valence-electron chi connectivity index (χ0n) is 11.5. The molecule has 0 spiro atoms. The Morgan fingerprint density at radius 2 is 2.10 bits per heavy atom. The summed E-state index contributed by atoms with van der Waals surface area (Å²) < 4.78 is 0. The molecule has 21 heavy (non-hydrogen) atoms. The quantitative estimate of drug-likeness (QED) is 0.875. The van der Waals surface area contributed by atoms with Gasteiger partial charge < -0.3 is 11.1 Å². The van der Waals surface area contributed by atoms with Crippen molar-refractivity contribution in [3.8, 4) is 0 Å². The number of nitrogen functional groups attached to an aromatic ring is 1. The molecule has 2 aromatic heterocycles. The van der Waals surface area contributed by atoms with Gasteiger partial charge >= 0.3 is 0 Å². The third kappa shape index (κ3) is 3.28. The monoisotopic (exact) mass is 323 g/mol. The number of carbonyl (C=O) groups is 1. The molecule has 6 nitrogen and oxygen atoms in total. The predicted octanol–water partition coefficient (Wildman–Crippen LogP) is 1.05. The summed E-state index contributed by atoms with van der Waals surface area (Å²) >= 11 is 3.27. The van der Waals surface area contributed by atoms with Gasteiger partial charge in [0.2, 0.25) is 0 Å². The summed E-state index contributed by atoms with van der Waals surface area (Å²) in [5.41, 5.74) is 7.03. The Morgan fingerprint density at radius 1 is 1.33 bits per heavy atom. The lowest BCUT2D eigenvalue weighted by atomic mass is 10.3. The topological polar surface area (TPSA) is 84.1 Å². The number of thioether (sulfide) groups is 1. The van der Waals surface area contributed by atoms with Crippen molar-refractivity contribution in [3.63, 3.8) is 0 Å². The first-order valence-electron chi connectivity index (χ1n) is 6.83. The maximum absolute atomic E-state index is 12.2. The van der Waals surface area contributed by atoms with Crippen molar-refractivity contribution in [2.45, 2.75) is 0 Å². The van der Waals surface area contributed by atoms with Crippen LogP contribution in [0.25, 0.3) is 10.3 Å². The summed E-state index contributed by atoms with van der Waals surface area (Å²) in [6.07, 6.45) is 3.19. The van der Waals surface area contributed by atoms with Gasteiger partial charge in [0.05, 0.1) is 5.69 Å². The standard InChI is InChI=1S/C13H17N5OS2/c14-9-10-13(17-2-1-15-10)21-11(9)12(19)16-3-4-18-5-7-20-8-6-18/h1-2H,3-8,14H2,(H,16,19). The lowest BCUT2D eigenvalue weighted by molar-refractivity contribution is 0.0954. The molecular weight excluding hydrogens is 306 g/mol. The first kappa shape index (κ1) is 14.6. The van der Waals surface area contributed by atoms with Gasteiger partial charge in [0.25, 0.3) is 5.91 Å². The highest BCUT2D eigenvalue weighted by molar-refractivity contribution is 7.99. The van der Waals surface area contributed by atoms with Crippen LogP contribution in [0.1, 0.15) is 9.67 Å². The van der Waals surface area contributed by atoms with Gasteiger partial charge in [0.1, 0.15) is 15.2 Å². The molecule has 0 aliphatic carbocycles. The number of fused-ring (bicyclic) bond motifs is 1. The zero-order valence-corrected chi connectivity index (χ0v) is 13.2. The molecule has 0 bridgehead atoms. The highest BCUT2D eigenvalue weighted by Gasteiger charge is 2.18. The zero-order chi connectivity index (χ0) is 14.7. The van der Waals surface area contributed by atoms with Gasteiger partial charge in [-0.1, -0.05) is 0 Å². The maximum atomic E-state index is 12.2. The molecule has 3 rings (SSSR count). The minimum absolute atomic E-state index is 0.135. The van der Waals surface area contributed by atoms with Gasteiger partial charge in [0.15, 0.2) is 0 Å². The summed E-state index contributed by atoms with van der Waals surface area (Å²) in [6.45, 7) is 3.71. The van der Waals surface area contributed by atoms with E-state index in [4.69, 9.17) is 5.73 Å². The van der Waals surface area contributed by atoms with Gasteiger partial charge in [0, 0.05) is 50.1 Å². The van der Waals surface area contributed by atoms with Gasteiger partial charge in [-0.05, 0) is 0 Å². The molecule has 0 atom stereocenters. The number of nitrogens with zero attached hydrogens (tertiary/aromatic N) is 3. The van der Waals surface area contributed by atoms with Crippen molar-refractivity contribution in [1.82, 2.24) is 20.2 Å². The van der Waals surface area contributed by atoms with Gasteiger partial charge in [-0.25, -0.2) is 9.97 Å². The second kappa shape index (κ2) is 6.59. The van der Waals surface area contributed by atoms with E-state index < -0.39 is 0 Å². The van der Waals surface area contributed by atoms with Gasteiger partial charge in [-0.15, -0.1) is 11.3 Å². The van der Waals surface area contributed by atoms with E-state index in [2.05, 4.69) is 20.2 Å². The molecule has 2 aromatic rings. The molecule has 0 unspecified atom stereocenters.